The molecular weight excluding hydrogens is 309 g/mol. The van der Waals surface area contributed by atoms with Crippen LogP contribution >= 0.6 is 0 Å². The number of anilines is 2. The molecule has 0 aliphatic carbocycles. The van der Waals surface area contributed by atoms with Crippen molar-refractivity contribution in [1.82, 2.24) is 19.9 Å². The fourth-order valence-electron chi connectivity index (χ4n) is 2.37. The number of carbonyl (C=O) groups is 1. The maximum atomic E-state index is 12.1. The van der Waals surface area contributed by atoms with Gasteiger partial charge in [0.05, 0.1) is 0 Å². The zero-order valence-corrected chi connectivity index (χ0v) is 13.5. The van der Waals surface area contributed by atoms with E-state index in [-0.39, 0.29) is 12.5 Å². The van der Waals surface area contributed by atoms with Crippen LogP contribution in [0.1, 0.15) is 21.5 Å². The number of amides is 1. The average Bonchev–Trinajstić information content (AvgIpc) is 2.95. The van der Waals surface area contributed by atoms with Crippen molar-refractivity contribution < 1.29 is 9.18 Å². The van der Waals surface area contributed by atoms with E-state index in [1.54, 1.807) is 22.7 Å². The van der Waals surface area contributed by atoms with E-state index in [4.69, 9.17) is 0 Å². The Bertz CT molecular complexity index is 890. The number of fused-ring (bicyclic) bond motifs is 1. The van der Waals surface area contributed by atoms with Crippen LogP contribution in [0.2, 0.25) is 0 Å². The van der Waals surface area contributed by atoms with Gasteiger partial charge in [0.2, 0.25) is 5.95 Å². The number of rotatable bonds is 5. The van der Waals surface area contributed by atoms with Crippen molar-refractivity contribution in [2.75, 3.05) is 18.5 Å². The number of aryl methyl sites for hydroxylation is 2. The number of alkyl halides is 1. The Morgan fingerprint density at radius 1 is 1.25 bits per heavy atom. The highest BCUT2D eigenvalue weighted by Crippen LogP contribution is 2.20. The van der Waals surface area contributed by atoms with Crippen LogP contribution in [-0.4, -0.2) is 33.7 Å². The summed E-state index contributed by atoms with van der Waals surface area (Å²) in [6.45, 7) is 3.31. The van der Waals surface area contributed by atoms with Crippen LogP contribution < -0.4 is 10.6 Å². The Morgan fingerprint density at radius 2 is 2.08 bits per heavy atom. The van der Waals surface area contributed by atoms with Gasteiger partial charge in [-0.15, -0.1) is 5.10 Å². The largest absolute Gasteiger partial charge is 0.349 e. The molecule has 2 aromatic heterocycles. The molecule has 3 aromatic rings. The van der Waals surface area contributed by atoms with Crippen molar-refractivity contribution in [3.8, 4) is 0 Å². The summed E-state index contributed by atoms with van der Waals surface area (Å²) in [7, 11) is 0. The van der Waals surface area contributed by atoms with Gasteiger partial charge in [0.25, 0.3) is 5.91 Å². The van der Waals surface area contributed by atoms with Crippen LogP contribution in [0, 0.1) is 13.8 Å². The summed E-state index contributed by atoms with van der Waals surface area (Å²) in [6.07, 6.45) is 1.90. The number of halogens is 1. The van der Waals surface area contributed by atoms with Crippen molar-refractivity contribution >= 4 is 23.2 Å². The van der Waals surface area contributed by atoms with Crippen LogP contribution in [0.5, 0.6) is 0 Å². The van der Waals surface area contributed by atoms with Crippen LogP contribution in [0.3, 0.4) is 0 Å². The number of carbonyl (C=O) groups excluding carboxylic acids is 1. The number of hydrogen-bond donors (Lipinski definition) is 2. The molecule has 1 aromatic carbocycles. The molecule has 0 bridgehead atoms. The van der Waals surface area contributed by atoms with E-state index < -0.39 is 6.67 Å². The predicted molar refractivity (Wildman–Crippen MR) is 90.5 cm³/mol. The van der Waals surface area contributed by atoms with E-state index in [1.807, 2.05) is 32.2 Å². The first-order valence-electron chi connectivity index (χ1n) is 7.61. The first-order chi connectivity index (χ1) is 11.6. The molecule has 0 saturated carbocycles. The highest BCUT2D eigenvalue weighted by Gasteiger charge is 2.09. The molecule has 2 heterocycles. The predicted octanol–water partition coefficient (Wildman–Crippen LogP) is 2.79. The molecule has 3 rings (SSSR count). The standard InChI is InChI=1S/C17H18FN5O/c1-11-3-6-15-21-17(22-23(15)10-11)20-14-5-4-13(9-12(14)2)16(24)19-8-7-18/h3-6,9-10H,7-8H2,1-2H3,(H,19,24)(H,20,22). The fourth-order valence-corrected chi connectivity index (χ4v) is 2.37. The molecule has 7 heteroatoms. The number of benzene rings is 1. The topological polar surface area (TPSA) is 71.3 Å². The van der Waals surface area contributed by atoms with Crippen LogP contribution in [-0.2, 0) is 0 Å². The van der Waals surface area contributed by atoms with E-state index >= 15 is 0 Å². The molecule has 124 valence electrons. The average molecular weight is 327 g/mol. The van der Waals surface area contributed by atoms with Gasteiger partial charge < -0.3 is 10.6 Å². The molecule has 0 aliphatic heterocycles. The van der Waals surface area contributed by atoms with Crippen LogP contribution in [0.4, 0.5) is 16.0 Å². The summed E-state index contributed by atoms with van der Waals surface area (Å²) in [6, 6.07) is 9.10. The van der Waals surface area contributed by atoms with E-state index in [0.717, 1.165) is 22.5 Å². The minimum atomic E-state index is -0.580. The van der Waals surface area contributed by atoms with Crippen LogP contribution in [0.25, 0.3) is 5.65 Å². The first-order valence-corrected chi connectivity index (χ1v) is 7.61. The van der Waals surface area contributed by atoms with Gasteiger partial charge in [-0.05, 0) is 49.2 Å². The Hall–Kier alpha value is -2.96. The monoisotopic (exact) mass is 327 g/mol. The SMILES string of the molecule is Cc1ccc2nc(Nc3ccc(C(=O)NCCF)cc3C)nn2c1. The third-order valence-electron chi connectivity index (χ3n) is 3.59. The Kier molecular flexibility index (Phi) is 4.41. The number of pyridine rings is 1. The minimum Gasteiger partial charge on any atom is -0.349 e. The Labute approximate surface area is 138 Å². The molecule has 24 heavy (non-hydrogen) atoms. The fraction of sp³-hybridized carbons (Fsp3) is 0.235. The summed E-state index contributed by atoms with van der Waals surface area (Å²) in [5, 5.41) is 10.0. The third kappa shape index (κ3) is 3.34. The van der Waals surface area contributed by atoms with Crippen molar-refractivity contribution in [1.29, 1.82) is 0 Å². The van der Waals surface area contributed by atoms with Crippen molar-refractivity contribution in [3.05, 3.63) is 53.2 Å². The summed E-state index contributed by atoms with van der Waals surface area (Å²) < 4.78 is 13.8. The van der Waals surface area contributed by atoms with Gasteiger partial charge in [-0.25, -0.2) is 8.91 Å². The van der Waals surface area contributed by atoms with Crippen LogP contribution in [0.15, 0.2) is 36.5 Å². The van der Waals surface area contributed by atoms with Gasteiger partial charge in [0, 0.05) is 24.0 Å². The molecule has 0 fully saturated rings. The van der Waals surface area contributed by atoms with Crippen molar-refractivity contribution in [2.45, 2.75) is 13.8 Å². The summed E-state index contributed by atoms with van der Waals surface area (Å²) in [4.78, 5) is 16.3. The van der Waals surface area contributed by atoms with E-state index in [0.29, 0.717) is 11.5 Å². The highest BCUT2D eigenvalue weighted by molar-refractivity contribution is 5.95. The molecular formula is C17H18FN5O. The number of nitrogens with zero attached hydrogens (tertiary/aromatic N) is 3. The molecule has 1 amide bonds. The van der Waals surface area contributed by atoms with Crippen molar-refractivity contribution in [2.24, 2.45) is 0 Å². The molecule has 0 spiro atoms. The molecule has 0 unspecified atom stereocenters. The Balaban J connectivity index is 1.80. The molecule has 2 N–H and O–H groups in total. The first kappa shape index (κ1) is 15.9. The second kappa shape index (κ2) is 6.66. The lowest BCUT2D eigenvalue weighted by molar-refractivity contribution is 0.0951. The number of hydrogen-bond acceptors (Lipinski definition) is 4. The van der Waals surface area contributed by atoms with Gasteiger partial charge >= 0.3 is 0 Å². The maximum Gasteiger partial charge on any atom is 0.251 e. The molecule has 0 atom stereocenters. The molecule has 0 aliphatic rings. The van der Waals surface area contributed by atoms with E-state index in [9.17, 15) is 9.18 Å². The zero-order valence-electron chi connectivity index (χ0n) is 13.5. The molecule has 6 nitrogen and oxygen atoms in total. The second-order valence-corrected chi connectivity index (χ2v) is 5.54. The summed E-state index contributed by atoms with van der Waals surface area (Å²) in [5.74, 6) is 0.196. The lowest BCUT2D eigenvalue weighted by Gasteiger charge is -2.09. The van der Waals surface area contributed by atoms with Gasteiger partial charge in [-0.2, -0.15) is 4.98 Å². The maximum absolute atomic E-state index is 12.1. The minimum absolute atomic E-state index is 0.0163. The summed E-state index contributed by atoms with van der Waals surface area (Å²) in [5.41, 5.74) is 4.02. The smallest absolute Gasteiger partial charge is 0.251 e. The lowest BCUT2D eigenvalue weighted by atomic mass is 10.1. The quantitative estimate of drug-likeness (QED) is 0.756. The number of aromatic nitrogens is 3. The third-order valence-corrected chi connectivity index (χ3v) is 3.59. The van der Waals surface area contributed by atoms with Gasteiger partial charge in [-0.3, -0.25) is 4.79 Å². The Morgan fingerprint density at radius 3 is 2.83 bits per heavy atom. The molecule has 0 radical (unpaired) electrons. The normalized spacial score (nSPS) is 10.8. The number of nitrogens with one attached hydrogen (secondary N) is 2. The van der Waals surface area contributed by atoms with Gasteiger partial charge in [0.1, 0.15) is 6.67 Å². The van der Waals surface area contributed by atoms with Gasteiger partial charge in [-0.1, -0.05) is 6.07 Å². The highest BCUT2D eigenvalue weighted by atomic mass is 19.1. The van der Waals surface area contributed by atoms with Gasteiger partial charge in [0.15, 0.2) is 5.65 Å². The van der Waals surface area contributed by atoms with E-state index in [2.05, 4.69) is 20.7 Å². The molecule has 0 saturated heterocycles. The zero-order chi connectivity index (χ0) is 17.1. The summed E-state index contributed by atoms with van der Waals surface area (Å²) >= 11 is 0. The second-order valence-electron chi connectivity index (χ2n) is 5.54. The van der Waals surface area contributed by atoms with E-state index in [1.165, 1.54) is 0 Å². The lowest BCUT2D eigenvalue weighted by Crippen LogP contribution is -2.25. The van der Waals surface area contributed by atoms with Crippen molar-refractivity contribution in [3.63, 3.8) is 0 Å².